The summed E-state index contributed by atoms with van der Waals surface area (Å²) >= 11 is 7.61. The van der Waals surface area contributed by atoms with Gasteiger partial charge in [0.1, 0.15) is 0 Å². The van der Waals surface area contributed by atoms with Crippen molar-refractivity contribution in [3.8, 4) is 0 Å². The van der Waals surface area contributed by atoms with Gasteiger partial charge in [-0.3, -0.25) is 14.6 Å². The zero-order valence-electron chi connectivity index (χ0n) is 16.3. The zero-order chi connectivity index (χ0) is 21.2. The number of halogens is 1. The van der Waals surface area contributed by atoms with Crippen molar-refractivity contribution >= 4 is 35.2 Å². The van der Waals surface area contributed by atoms with Gasteiger partial charge < -0.3 is 10.6 Å². The molecule has 3 rings (SSSR count). The fourth-order valence-electron chi connectivity index (χ4n) is 2.63. The Morgan fingerprint density at radius 2 is 1.57 bits per heavy atom. The van der Waals surface area contributed by atoms with E-state index in [1.807, 2.05) is 48.5 Å². The molecule has 7 heteroatoms. The normalized spacial score (nSPS) is 10.4. The summed E-state index contributed by atoms with van der Waals surface area (Å²) in [4.78, 5) is 29.2. The first-order valence-electron chi connectivity index (χ1n) is 9.51. The van der Waals surface area contributed by atoms with Crippen molar-refractivity contribution in [1.29, 1.82) is 0 Å². The number of carbonyl (C=O) groups excluding carboxylic acids is 2. The van der Waals surface area contributed by atoms with Gasteiger partial charge >= 0.3 is 0 Å². The molecular weight excluding hydrogens is 418 g/mol. The lowest BCUT2D eigenvalue weighted by molar-refractivity contribution is -0.121. The molecule has 1 aromatic heterocycles. The molecule has 0 saturated heterocycles. The molecule has 30 heavy (non-hydrogen) atoms. The Labute approximate surface area is 185 Å². The van der Waals surface area contributed by atoms with Crippen LogP contribution in [0.15, 0.2) is 78.0 Å². The second-order valence-electron chi connectivity index (χ2n) is 6.58. The van der Waals surface area contributed by atoms with E-state index < -0.39 is 0 Å². The number of aromatic nitrogens is 1. The Morgan fingerprint density at radius 1 is 0.867 bits per heavy atom. The monoisotopic (exact) mass is 439 g/mol. The molecular formula is C23H22ClN3O2S. The first-order chi connectivity index (χ1) is 14.6. The van der Waals surface area contributed by atoms with Crippen LogP contribution in [0.3, 0.4) is 0 Å². The fraction of sp³-hybridized carbons (Fsp3) is 0.174. The van der Waals surface area contributed by atoms with Crippen LogP contribution in [0, 0.1) is 0 Å². The maximum atomic E-state index is 12.3. The van der Waals surface area contributed by atoms with Crippen molar-refractivity contribution < 1.29 is 9.59 Å². The Bertz CT molecular complexity index is 964. The second-order valence-corrected chi connectivity index (χ2v) is 8.06. The topological polar surface area (TPSA) is 71.1 Å². The van der Waals surface area contributed by atoms with Crippen LogP contribution in [0.25, 0.3) is 0 Å². The Hall–Kier alpha value is -2.83. The van der Waals surface area contributed by atoms with Crippen LogP contribution in [0.4, 0.5) is 0 Å². The lowest BCUT2D eigenvalue weighted by atomic mass is 10.1. The molecule has 0 aliphatic carbocycles. The number of amides is 2. The predicted octanol–water partition coefficient (Wildman–Crippen LogP) is 4.46. The molecule has 0 atom stereocenters. The van der Waals surface area contributed by atoms with Crippen LogP contribution < -0.4 is 10.6 Å². The van der Waals surface area contributed by atoms with Gasteiger partial charge in [-0.2, -0.15) is 0 Å². The van der Waals surface area contributed by atoms with E-state index in [4.69, 9.17) is 11.6 Å². The minimum atomic E-state index is -0.186. The van der Waals surface area contributed by atoms with Crippen LogP contribution in [0.2, 0.25) is 5.02 Å². The van der Waals surface area contributed by atoms with Crippen molar-refractivity contribution in [2.24, 2.45) is 0 Å². The van der Waals surface area contributed by atoms with Crippen molar-refractivity contribution in [3.05, 3.63) is 94.8 Å². The average Bonchev–Trinajstić information content (AvgIpc) is 2.78. The summed E-state index contributed by atoms with van der Waals surface area (Å²) < 4.78 is 0. The minimum absolute atomic E-state index is 0.110. The lowest BCUT2D eigenvalue weighted by Gasteiger charge is -2.08. The van der Waals surface area contributed by atoms with E-state index in [2.05, 4.69) is 15.6 Å². The third-order valence-corrected chi connectivity index (χ3v) is 5.65. The summed E-state index contributed by atoms with van der Waals surface area (Å²) in [6, 6.07) is 18.9. The molecule has 2 N–H and O–H groups in total. The van der Waals surface area contributed by atoms with Gasteiger partial charge in [-0.05, 0) is 59.7 Å². The molecule has 5 nitrogen and oxygen atoms in total. The molecule has 0 aliphatic heterocycles. The fourth-order valence-corrected chi connectivity index (χ4v) is 3.61. The summed E-state index contributed by atoms with van der Waals surface area (Å²) in [7, 11) is 0. The summed E-state index contributed by atoms with van der Waals surface area (Å²) in [6.45, 7) is 0.736. The van der Waals surface area contributed by atoms with Crippen molar-refractivity contribution in [1.82, 2.24) is 15.6 Å². The first-order valence-corrected chi connectivity index (χ1v) is 10.9. The number of hydrogen-bond donors (Lipinski definition) is 2. The van der Waals surface area contributed by atoms with E-state index in [1.165, 1.54) is 0 Å². The van der Waals surface area contributed by atoms with Crippen LogP contribution in [0.5, 0.6) is 0 Å². The van der Waals surface area contributed by atoms with Crippen LogP contribution in [-0.2, 0) is 17.1 Å². The zero-order valence-corrected chi connectivity index (χ0v) is 17.9. The molecule has 0 saturated carbocycles. The van der Waals surface area contributed by atoms with Gasteiger partial charge in [0.25, 0.3) is 5.91 Å². The van der Waals surface area contributed by atoms with E-state index >= 15 is 0 Å². The number of thioether (sulfide) groups is 1. The molecule has 0 aliphatic rings. The largest absolute Gasteiger partial charge is 0.352 e. The quantitative estimate of drug-likeness (QED) is 0.483. The summed E-state index contributed by atoms with van der Waals surface area (Å²) in [5.74, 6) is 0.511. The van der Waals surface area contributed by atoms with Gasteiger partial charge in [-0.1, -0.05) is 23.7 Å². The van der Waals surface area contributed by atoms with Crippen molar-refractivity contribution in [2.75, 3.05) is 6.54 Å². The van der Waals surface area contributed by atoms with Gasteiger partial charge in [0, 0.05) is 53.1 Å². The van der Waals surface area contributed by atoms with E-state index in [9.17, 15) is 9.59 Å². The predicted molar refractivity (Wildman–Crippen MR) is 120 cm³/mol. The summed E-state index contributed by atoms with van der Waals surface area (Å²) in [6.07, 6.45) is 3.60. The molecule has 154 valence electrons. The number of pyridine rings is 1. The molecule has 0 unspecified atom stereocenters. The molecule has 0 radical (unpaired) electrons. The lowest BCUT2D eigenvalue weighted by Crippen LogP contribution is -2.30. The number of carbonyl (C=O) groups is 2. The Morgan fingerprint density at radius 3 is 2.27 bits per heavy atom. The van der Waals surface area contributed by atoms with E-state index in [0.29, 0.717) is 12.1 Å². The Kier molecular flexibility index (Phi) is 8.30. The van der Waals surface area contributed by atoms with Crippen LogP contribution in [0.1, 0.15) is 27.9 Å². The molecule has 1 heterocycles. The summed E-state index contributed by atoms with van der Waals surface area (Å²) in [5, 5.41) is 6.33. The van der Waals surface area contributed by atoms with E-state index in [1.54, 1.807) is 36.3 Å². The molecule has 0 spiro atoms. The third kappa shape index (κ3) is 7.21. The highest BCUT2D eigenvalue weighted by atomic mass is 35.5. The molecule has 0 fully saturated rings. The molecule has 0 bridgehead atoms. The van der Waals surface area contributed by atoms with E-state index in [0.717, 1.165) is 26.8 Å². The number of nitrogens with one attached hydrogen (secondary N) is 2. The highest BCUT2D eigenvalue weighted by molar-refractivity contribution is 7.98. The highest BCUT2D eigenvalue weighted by Crippen LogP contribution is 2.24. The number of hydrogen-bond acceptors (Lipinski definition) is 4. The standard InChI is InChI=1S/C23H22ClN3O2S/c24-20-5-7-21(8-6-20)30-16-18-1-3-19(4-2-18)23(29)26-14-11-22(28)27-15-17-9-12-25-13-10-17/h1-10,12-13H,11,14-16H2,(H,26,29)(H,27,28). The molecule has 3 aromatic rings. The van der Waals surface area contributed by atoms with Gasteiger partial charge in [-0.25, -0.2) is 0 Å². The van der Waals surface area contributed by atoms with Crippen LogP contribution in [-0.4, -0.2) is 23.3 Å². The average molecular weight is 440 g/mol. The number of rotatable bonds is 9. The van der Waals surface area contributed by atoms with Crippen molar-refractivity contribution in [2.45, 2.75) is 23.6 Å². The molecule has 2 aromatic carbocycles. The van der Waals surface area contributed by atoms with E-state index in [-0.39, 0.29) is 24.8 Å². The number of benzene rings is 2. The van der Waals surface area contributed by atoms with Gasteiger partial charge in [-0.15, -0.1) is 11.8 Å². The third-order valence-electron chi connectivity index (χ3n) is 4.31. The molecule has 2 amide bonds. The first kappa shape index (κ1) is 21.9. The minimum Gasteiger partial charge on any atom is -0.352 e. The smallest absolute Gasteiger partial charge is 0.251 e. The maximum absolute atomic E-state index is 12.3. The number of nitrogens with zero attached hydrogens (tertiary/aromatic N) is 1. The van der Waals surface area contributed by atoms with Crippen molar-refractivity contribution in [3.63, 3.8) is 0 Å². The highest BCUT2D eigenvalue weighted by Gasteiger charge is 2.07. The van der Waals surface area contributed by atoms with Gasteiger partial charge in [0.15, 0.2) is 0 Å². The maximum Gasteiger partial charge on any atom is 0.251 e. The Balaban J connectivity index is 1.37. The second kappa shape index (κ2) is 11.4. The summed E-state index contributed by atoms with van der Waals surface area (Å²) in [5.41, 5.74) is 2.69. The van der Waals surface area contributed by atoms with Crippen LogP contribution >= 0.6 is 23.4 Å². The van der Waals surface area contributed by atoms with Gasteiger partial charge in [0.2, 0.25) is 5.91 Å². The van der Waals surface area contributed by atoms with Gasteiger partial charge in [0.05, 0.1) is 0 Å². The SMILES string of the molecule is O=C(CCNC(=O)c1ccc(CSc2ccc(Cl)cc2)cc1)NCc1ccncc1.